The number of carbonyl (C=O) groups excluding carboxylic acids is 2. The molecule has 4 rings (SSSR count). The number of hydrogen-bond donors (Lipinski definition) is 0. The lowest BCUT2D eigenvalue weighted by Crippen LogP contribution is -2.45. The zero-order valence-electron chi connectivity index (χ0n) is 12.0. The lowest BCUT2D eigenvalue weighted by atomic mass is 9.77. The molecule has 0 radical (unpaired) electrons. The minimum atomic E-state index is -1.19. The van der Waals surface area contributed by atoms with Crippen LogP contribution in [-0.4, -0.2) is 41.6 Å². The van der Waals surface area contributed by atoms with E-state index in [0.717, 1.165) is 12.0 Å². The van der Waals surface area contributed by atoms with Crippen LogP contribution in [0.15, 0.2) is 42.5 Å². The summed E-state index contributed by atoms with van der Waals surface area (Å²) in [5, 5.41) is 11.4. The van der Waals surface area contributed by atoms with E-state index in [-0.39, 0.29) is 5.91 Å². The standard InChI is InChI=1S/C17H17NO4/c19-15-14-13(16(20)21)12-6-8-17(14,22-12)10-18(15)9-7-11-4-2-1-3-5-11/h1-6,8,12-14H,7,9-10H2,(H,20,21)/p-1/t12-,13-,14+,17-/m1/s1. The van der Waals surface area contributed by atoms with Gasteiger partial charge in [0, 0.05) is 18.4 Å². The van der Waals surface area contributed by atoms with Gasteiger partial charge in [-0.15, -0.1) is 0 Å². The van der Waals surface area contributed by atoms with Crippen LogP contribution in [0.2, 0.25) is 0 Å². The van der Waals surface area contributed by atoms with Crippen molar-refractivity contribution in [3.05, 3.63) is 48.0 Å². The minimum Gasteiger partial charge on any atom is -0.550 e. The maximum Gasteiger partial charge on any atom is 0.229 e. The van der Waals surface area contributed by atoms with Crippen LogP contribution in [0.4, 0.5) is 0 Å². The molecular formula is C17H16NO4-. The second kappa shape index (κ2) is 4.68. The Morgan fingerprint density at radius 3 is 2.86 bits per heavy atom. The number of rotatable bonds is 4. The Labute approximate surface area is 128 Å². The Morgan fingerprint density at radius 1 is 1.36 bits per heavy atom. The quantitative estimate of drug-likeness (QED) is 0.720. The molecule has 5 heteroatoms. The van der Waals surface area contributed by atoms with Gasteiger partial charge in [-0.25, -0.2) is 0 Å². The molecule has 3 heterocycles. The predicted octanol–water partition coefficient (Wildman–Crippen LogP) is -0.239. The predicted molar refractivity (Wildman–Crippen MR) is 75.5 cm³/mol. The van der Waals surface area contributed by atoms with Crippen molar-refractivity contribution in [1.29, 1.82) is 0 Å². The molecule has 0 aromatic heterocycles. The molecule has 5 nitrogen and oxygen atoms in total. The average Bonchev–Trinajstić information content (AvgIpc) is 3.14. The number of benzene rings is 1. The Kier molecular flexibility index (Phi) is 2.87. The highest BCUT2D eigenvalue weighted by Gasteiger charge is 2.65. The van der Waals surface area contributed by atoms with E-state index in [0.29, 0.717) is 13.1 Å². The largest absolute Gasteiger partial charge is 0.550 e. The molecule has 0 aliphatic carbocycles. The van der Waals surface area contributed by atoms with Crippen molar-refractivity contribution in [3.8, 4) is 0 Å². The summed E-state index contributed by atoms with van der Waals surface area (Å²) in [7, 11) is 0. The fourth-order valence-corrected chi connectivity index (χ4v) is 3.95. The molecule has 1 aromatic rings. The number of carboxylic acid groups (broad SMARTS) is 1. The number of hydrogen-bond acceptors (Lipinski definition) is 4. The SMILES string of the molecule is O=C([O-])[C@H]1[C@H]2C(=O)N(CCc3ccccc3)C[C@]23C=C[C@H]1O3. The van der Waals surface area contributed by atoms with Gasteiger partial charge in [0.15, 0.2) is 0 Å². The summed E-state index contributed by atoms with van der Waals surface area (Å²) >= 11 is 0. The maximum atomic E-state index is 12.6. The number of ether oxygens (including phenoxy) is 1. The normalized spacial score (nSPS) is 35.2. The van der Waals surface area contributed by atoms with Gasteiger partial charge in [-0.05, 0) is 12.0 Å². The van der Waals surface area contributed by atoms with Gasteiger partial charge in [0.2, 0.25) is 5.91 Å². The molecule has 1 aromatic carbocycles. The number of amides is 1. The number of fused-ring (bicyclic) bond motifs is 1. The van der Waals surface area contributed by atoms with Gasteiger partial charge in [0.05, 0.1) is 18.6 Å². The third-order valence-electron chi connectivity index (χ3n) is 4.96. The molecule has 2 bridgehead atoms. The van der Waals surface area contributed by atoms with Gasteiger partial charge in [0.1, 0.15) is 5.60 Å². The summed E-state index contributed by atoms with van der Waals surface area (Å²) in [6.45, 7) is 1.00. The lowest BCUT2D eigenvalue weighted by Gasteiger charge is -2.24. The van der Waals surface area contributed by atoms with Crippen LogP contribution < -0.4 is 5.11 Å². The maximum absolute atomic E-state index is 12.6. The van der Waals surface area contributed by atoms with Crippen molar-refractivity contribution < 1.29 is 19.4 Å². The zero-order valence-corrected chi connectivity index (χ0v) is 12.0. The van der Waals surface area contributed by atoms with Crippen LogP contribution >= 0.6 is 0 Å². The molecule has 22 heavy (non-hydrogen) atoms. The molecule has 4 atom stereocenters. The van der Waals surface area contributed by atoms with Gasteiger partial charge < -0.3 is 19.5 Å². The molecule has 114 valence electrons. The average molecular weight is 298 g/mol. The Bertz CT molecular complexity index is 656. The van der Waals surface area contributed by atoms with Crippen molar-refractivity contribution >= 4 is 11.9 Å². The Balaban J connectivity index is 1.53. The fourth-order valence-electron chi connectivity index (χ4n) is 3.95. The monoisotopic (exact) mass is 298 g/mol. The van der Waals surface area contributed by atoms with Crippen molar-refractivity contribution in [2.45, 2.75) is 18.1 Å². The van der Waals surface area contributed by atoms with Crippen LogP contribution in [-0.2, 0) is 20.7 Å². The zero-order chi connectivity index (χ0) is 15.3. The van der Waals surface area contributed by atoms with E-state index < -0.39 is 29.5 Å². The number of carboxylic acids is 1. The number of likely N-dealkylation sites (tertiary alicyclic amines) is 1. The number of nitrogens with zero attached hydrogens (tertiary/aromatic N) is 1. The van der Waals surface area contributed by atoms with Crippen molar-refractivity contribution in [3.63, 3.8) is 0 Å². The first-order valence-corrected chi connectivity index (χ1v) is 7.51. The van der Waals surface area contributed by atoms with E-state index in [9.17, 15) is 14.7 Å². The highest BCUT2D eigenvalue weighted by Crippen LogP contribution is 2.51. The molecule has 0 unspecified atom stereocenters. The molecule has 3 aliphatic rings. The smallest absolute Gasteiger partial charge is 0.229 e. The van der Waals surface area contributed by atoms with Crippen LogP contribution in [0.5, 0.6) is 0 Å². The molecule has 0 saturated carbocycles. The van der Waals surface area contributed by atoms with Gasteiger partial charge in [-0.1, -0.05) is 42.5 Å². The first-order valence-electron chi connectivity index (χ1n) is 7.51. The van der Waals surface area contributed by atoms with Crippen LogP contribution in [0.3, 0.4) is 0 Å². The number of carbonyl (C=O) groups is 2. The van der Waals surface area contributed by atoms with Crippen LogP contribution in [0.1, 0.15) is 5.56 Å². The van der Waals surface area contributed by atoms with E-state index in [1.165, 1.54) is 0 Å². The van der Waals surface area contributed by atoms with Crippen LogP contribution in [0.25, 0.3) is 0 Å². The summed E-state index contributed by atoms with van der Waals surface area (Å²) in [6, 6.07) is 9.93. The first kappa shape index (κ1) is 13.5. The van der Waals surface area contributed by atoms with Gasteiger partial charge in [-0.3, -0.25) is 4.79 Å². The summed E-state index contributed by atoms with van der Waals surface area (Å²) in [5.41, 5.74) is 0.394. The van der Waals surface area contributed by atoms with Gasteiger partial charge in [-0.2, -0.15) is 0 Å². The summed E-state index contributed by atoms with van der Waals surface area (Å²) < 4.78 is 5.82. The van der Waals surface area contributed by atoms with E-state index in [2.05, 4.69) is 0 Å². The van der Waals surface area contributed by atoms with Gasteiger partial charge >= 0.3 is 0 Å². The third-order valence-corrected chi connectivity index (χ3v) is 4.96. The Morgan fingerprint density at radius 2 is 2.14 bits per heavy atom. The minimum absolute atomic E-state index is 0.128. The topological polar surface area (TPSA) is 69.7 Å². The summed E-state index contributed by atoms with van der Waals surface area (Å²) in [6.07, 6.45) is 3.85. The molecule has 3 aliphatic heterocycles. The highest BCUT2D eigenvalue weighted by molar-refractivity contribution is 5.90. The second-order valence-corrected chi connectivity index (χ2v) is 6.21. The Hall–Kier alpha value is -2.14. The van der Waals surface area contributed by atoms with E-state index >= 15 is 0 Å². The third kappa shape index (κ3) is 1.82. The summed E-state index contributed by atoms with van der Waals surface area (Å²) in [5.74, 6) is -2.82. The molecular weight excluding hydrogens is 282 g/mol. The van der Waals surface area contributed by atoms with Crippen molar-refractivity contribution in [2.24, 2.45) is 11.8 Å². The fraction of sp³-hybridized carbons (Fsp3) is 0.412. The first-order chi connectivity index (χ1) is 10.6. The molecule has 2 saturated heterocycles. The van der Waals surface area contributed by atoms with E-state index in [1.54, 1.807) is 11.0 Å². The molecule has 2 fully saturated rings. The van der Waals surface area contributed by atoms with Crippen molar-refractivity contribution in [2.75, 3.05) is 13.1 Å². The molecule has 1 spiro atoms. The van der Waals surface area contributed by atoms with Crippen molar-refractivity contribution in [1.82, 2.24) is 4.90 Å². The lowest BCUT2D eigenvalue weighted by molar-refractivity contribution is -0.313. The summed E-state index contributed by atoms with van der Waals surface area (Å²) in [4.78, 5) is 25.7. The highest BCUT2D eigenvalue weighted by atomic mass is 16.5. The second-order valence-electron chi connectivity index (χ2n) is 6.21. The van der Waals surface area contributed by atoms with Crippen LogP contribution in [0, 0.1) is 11.8 Å². The van der Waals surface area contributed by atoms with E-state index in [1.807, 2.05) is 36.4 Å². The molecule has 1 amide bonds. The van der Waals surface area contributed by atoms with E-state index in [4.69, 9.17) is 4.74 Å². The number of aliphatic carboxylic acids is 1. The van der Waals surface area contributed by atoms with Gasteiger partial charge in [0.25, 0.3) is 0 Å². The molecule has 0 N–H and O–H groups in total.